The van der Waals surface area contributed by atoms with Crippen LogP contribution in [0.1, 0.15) is 72.6 Å². The first-order valence-electron chi connectivity index (χ1n) is 7.79. The molecule has 1 saturated carbocycles. The van der Waals surface area contributed by atoms with Crippen LogP contribution in [0.25, 0.3) is 0 Å². The lowest BCUT2D eigenvalue weighted by Gasteiger charge is -2.49. The Kier molecular flexibility index (Phi) is 5.67. The minimum atomic E-state index is -0.604. The number of aliphatic hydroxyl groups is 1. The molecule has 0 aromatic rings. The maximum absolute atomic E-state index is 10.9. The van der Waals surface area contributed by atoms with Gasteiger partial charge in [0.05, 0.1) is 5.60 Å². The van der Waals surface area contributed by atoms with E-state index in [1.54, 1.807) is 0 Å². The number of hydrogen-bond acceptors (Lipinski definition) is 2. The zero-order valence-corrected chi connectivity index (χ0v) is 12.8. The van der Waals surface area contributed by atoms with Gasteiger partial charge in [-0.1, -0.05) is 33.6 Å². The van der Waals surface area contributed by atoms with Crippen molar-refractivity contribution in [3.63, 3.8) is 0 Å². The normalized spacial score (nSPS) is 32.5. The van der Waals surface area contributed by atoms with Crippen LogP contribution in [-0.4, -0.2) is 17.3 Å². The highest BCUT2D eigenvalue weighted by Crippen LogP contribution is 2.48. The second-order valence-corrected chi connectivity index (χ2v) is 7.09. The van der Waals surface area contributed by atoms with Crippen molar-refractivity contribution in [3.05, 3.63) is 0 Å². The van der Waals surface area contributed by atoms with Crippen LogP contribution in [0.5, 0.6) is 0 Å². The van der Waals surface area contributed by atoms with Gasteiger partial charge in [0, 0.05) is 12.0 Å². The third-order valence-corrected chi connectivity index (χ3v) is 5.10. The Morgan fingerprint density at radius 2 is 1.89 bits per heavy atom. The molecule has 0 bridgehead atoms. The average Bonchev–Trinajstić information content (AvgIpc) is 2.28. The van der Waals surface area contributed by atoms with E-state index in [4.69, 9.17) is 5.73 Å². The van der Waals surface area contributed by atoms with E-state index in [2.05, 4.69) is 20.8 Å². The molecule has 0 saturated heterocycles. The summed E-state index contributed by atoms with van der Waals surface area (Å²) in [6.45, 7) is 9.27. The summed E-state index contributed by atoms with van der Waals surface area (Å²) in [5, 5.41) is 10.9. The van der Waals surface area contributed by atoms with Crippen molar-refractivity contribution in [1.29, 1.82) is 0 Å². The van der Waals surface area contributed by atoms with Crippen LogP contribution < -0.4 is 5.73 Å². The molecule has 2 nitrogen and oxygen atoms in total. The molecule has 1 fully saturated rings. The predicted molar refractivity (Wildman–Crippen MR) is 78.4 cm³/mol. The summed E-state index contributed by atoms with van der Waals surface area (Å²) >= 11 is 0. The Bertz CT molecular complexity index is 239. The number of rotatable bonds is 6. The second-order valence-electron chi connectivity index (χ2n) is 7.09. The molecular formula is C16H33NO. The Labute approximate surface area is 113 Å². The molecule has 1 aliphatic carbocycles. The van der Waals surface area contributed by atoms with E-state index in [1.807, 2.05) is 6.92 Å². The summed E-state index contributed by atoms with van der Waals surface area (Å²) in [5.41, 5.74) is 5.42. The van der Waals surface area contributed by atoms with Gasteiger partial charge in [0.2, 0.25) is 0 Å². The van der Waals surface area contributed by atoms with Crippen LogP contribution in [0.2, 0.25) is 0 Å². The van der Waals surface area contributed by atoms with E-state index in [0.29, 0.717) is 12.5 Å². The van der Waals surface area contributed by atoms with Gasteiger partial charge in [-0.3, -0.25) is 0 Å². The Morgan fingerprint density at radius 3 is 2.28 bits per heavy atom. The van der Waals surface area contributed by atoms with Crippen molar-refractivity contribution < 1.29 is 5.11 Å². The summed E-state index contributed by atoms with van der Waals surface area (Å²) in [6, 6.07) is 0. The monoisotopic (exact) mass is 255 g/mol. The average molecular weight is 255 g/mol. The minimum absolute atomic E-state index is 0.0402. The van der Waals surface area contributed by atoms with E-state index in [1.165, 1.54) is 25.7 Å². The lowest BCUT2D eigenvalue weighted by molar-refractivity contribution is -0.104. The smallest absolute Gasteiger partial charge is 0.0690 e. The Morgan fingerprint density at radius 1 is 1.33 bits per heavy atom. The lowest BCUT2D eigenvalue weighted by Crippen LogP contribution is -2.53. The highest BCUT2D eigenvalue weighted by molar-refractivity contribution is 4.99. The standard InChI is InChI=1S/C16H33NO/c1-5-6-14-7-9-16(12-17,10-8-14)15(4,18)11-13(2)3/h13-14,18H,5-12,17H2,1-4H3. The summed E-state index contributed by atoms with van der Waals surface area (Å²) < 4.78 is 0. The quantitative estimate of drug-likeness (QED) is 0.760. The molecule has 0 aromatic carbocycles. The van der Waals surface area contributed by atoms with Gasteiger partial charge < -0.3 is 10.8 Å². The molecule has 0 heterocycles. The van der Waals surface area contributed by atoms with Crippen LogP contribution in [0.4, 0.5) is 0 Å². The molecule has 0 radical (unpaired) electrons. The predicted octanol–water partition coefficient (Wildman–Crippen LogP) is 3.72. The fourth-order valence-corrected chi connectivity index (χ4v) is 3.90. The molecule has 18 heavy (non-hydrogen) atoms. The molecule has 108 valence electrons. The molecule has 0 aliphatic heterocycles. The number of nitrogens with two attached hydrogens (primary N) is 1. The minimum Gasteiger partial charge on any atom is -0.390 e. The molecule has 1 atom stereocenters. The second kappa shape index (κ2) is 6.38. The van der Waals surface area contributed by atoms with Crippen molar-refractivity contribution in [1.82, 2.24) is 0 Å². The zero-order valence-electron chi connectivity index (χ0n) is 12.8. The topological polar surface area (TPSA) is 46.2 Å². The first-order valence-corrected chi connectivity index (χ1v) is 7.79. The van der Waals surface area contributed by atoms with Gasteiger partial charge in [-0.15, -0.1) is 0 Å². The molecule has 1 unspecified atom stereocenters. The molecule has 1 rings (SSSR count). The lowest BCUT2D eigenvalue weighted by atomic mass is 9.59. The fraction of sp³-hybridized carbons (Fsp3) is 1.00. The molecule has 3 N–H and O–H groups in total. The van der Waals surface area contributed by atoms with Crippen LogP contribution in [0.15, 0.2) is 0 Å². The van der Waals surface area contributed by atoms with Crippen molar-refractivity contribution in [2.24, 2.45) is 23.0 Å². The van der Waals surface area contributed by atoms with Crippen molar-refractivity contribution in [2.75, 3.05) is 6.54 Å². The van der Waals surface area contributed by atoms with Gasteiger partial charge in [-0.25, -0.2) is 0 Å². The molecule has 0 spiro atoms. The first kappa shape index (κ1) is 16.0. The molecular weight excluding hydrogens is 222 g/mol. The van der Waals surface area contributed by atoms with E-state index in [0.717, 1.165) is 25.2 Å². The molecule has 0 aromatic heterocycles. The largest absolute Gasteiger partial charge is 0.390 e. The van der Waals surface area contributed by atoms with Crippen LogP contribution in [-0.2, 0) is 0 Å². The third kappa shape index (κ3) is 3.48. The zero-order chi connectivity index (χ0) is 13.8. The highest BCUT2D eigenvalue weighted by Gasteiger charge is 2.47. The third-order valence-electron chi connectivity index (χ3n) is 5.10. The van der Waals surface area contributed by atoms with E-state index in [9.17, 15) is 5.11 Å². The maximum atomic E-state index is 10.9. The SMILES string of the molecule is CCCC1CCC(CN)(C(C)(O)CC(C)C)CC1. The van der Waals surface area contributed by atoms with E-state index >= 15 is 0 Å². The van der Waals surface area contributed by atoms with E-state index in [-0.39, 0.29) is 5.41 Å². The Hall–Kier alpha value is -0.0800. The summed E-state index contributed by atoms with van der Waals surface area (Å²) in [6.07, 6.45) is 8.19. The van der Waals surface area contributed by atoms with Gasteiger partial charge in [-0.05, 0) is 50.9 Å². The number of hydrogen-bond donors (Lipinski definition) is 2. The van der Waals surface area contributed by atoms with Crippen molar-refractivity contribution in [3.8, 4) is 0 Å². The summed E-state index contributed by atoms with van der Waals surface area (Å²) in [4.78, 5) is 0. The molecule has 0 amide bonds. The van der Waals surface area contributed by atoms with E-state index < -0.39 is 5.60 Å². The van der Waals surface area contributed by atoms with Crippen molar-refractivity contribution >= 4 is 0 Å². The van der Waals surface area contributed by atoms with Crippen LogP contribution in [0, 0.1) is 17.3 Å². The van der Waals surface area contributed by atoms with Gasteiger partial charge in [-0.2, -0.15) is 0 Å². The van der Waals surface area contributed by atoms with Crippen molar-refractivity contribution in [2.45, 2.75) is 78.2 Å². The van der Waals surface area contributed by atoms with Gasteiger partial charge in [0.15, 0.2) is 0 Å². The maximum Gasteiger partial charge on any atom is 0.0690 e. The molecule has 2 heteroatoms. The van der Waals surface area contributed by atoms with Gasteiger partial charge >= 0.3 is 0 Å². The summed E-state index contributed by atoms with van der Waals surface area (Å²) in [7, 11) is 0. The first-order chi connectivity index (χ1) is 8.37. The van der Waals surface area contributed by atoms with Gasteiger partial charge in [0.1, 0.15) is 0 Å². The van der Waals surface area contributed by atoms with Crippen LogP contribution >= 0.6 is 0 Å². The van der Waals surface area contributed by atoms with Crippen LogP contribution in [0.3, 0.4) is 0 Å². The fourth-order valence-electron chi connectivity index (χ4n) is 3.90. The summed E-state index contributed by atoms with van der Waals surface area (Å²) in [5.74, 6) is 1.39. The Balaban J connectivity index is 2.70. The highest BCUT2D eigenvalue weighted by atomic mass is 16.3. The molecule has 1 aliphatic rings. The van der Waals surface area contributed by atoms with Gasteiger partial charge in [0.25, 0.3) is 0 Å².